The summed E-state index contributed by atoms with van der Waals surface area (Å²) in [6, 6.07) is 16.1. The van der Waals surface area contributed by atoms with Crippen molar-refractivity contribution in [2.75, 3.05) is 5.32 Å². The van der Waals surface area contributed by atoms with Crippen LogP contribution in [0.3, 0.4) is 0 Å². The molecule has 1 amide bonds. The summed E-state index contributed by atoms with van der Waals surface area (Å²) in [5, 5.41) is 5.27. The number of thiazole rings is 1. The van der Waals surface area contributed by atoms with Gasteiger partial charge in [-0.15, -0.1) is 11.3 Å². The van der Waals surface area contributed by atoms with Crippen molar-refractivity contribution in [3.8, 4) is 21.7 Å². The van der Waals surface area contributed by atoms with Gasteiger partial charge in [0.1, 0.15) is 16.1 Å². The Balaban J connectivity index is 0.00000188. The van der Waals surface area contributed by atoms with Gasteiger partial charge in [-0.3, -0.25) is 14.7 Å². The number of nitrogens with one attached hydrogen (secondary N) is 1. The number of carbonyl (C=O) groups excluding carboxylic acids is 2. The highest BCUT2D eigenvalue weighted by Crippen LogP contribution is 2.40. The molecule has 3 aromatic heterocycles. The summed E-state index contributed by atoms with van der Waals surface area (Å²) < 4.78 is 5.55. The summed E-state index contributed by atoms with van der Waals surface area (Å²) in [4.78, 5) is 40.5. The van der Waals surface area contributed by atoms with E-state index in [0.717, 1.165) is 60.8 Å². The van der Waals surface area contributed by atoms with Crippen LogP contribution < -0.4 is 5.32 Å². The Morgan fingerprint density at radius 2 is 1.68 bits per heavy atom. The fourth-order valence-electron chi connectivity index (χ4n) is 5.19. The molecule has 0 unspecified atom stereocenters. The molecule has 0 radical (unpaired) electrons. The molecule has 0 fully saturated rings. The molecule has 9 heteroatoms. The Labute approximate surface area is 262 Å². The molecule has 0 saturated carbocycles. The van der Waals surface area contributed by atoms with Crippen LogP contribution in [0.15, 0.2) is 60.9 Å². The normalized spacial score (nSPS) is 12.4. The van der Waals surface area contributed by atoms with Crippen molar-refractivity contribution in [2.24, 2.45) is 0 Å². The molecule has 0 saturated heterocycles. The van der Waals surface area contributed by atoms with Gasteiger partial charge in [0, 0.05) is 39.5 Å². The third kappa shape index (κ3) is 6.19. The molecule has 0 atom stereocenters. The number of benzene rings is 2. The number of nitrogens with zero attached hydrogens (tertiary/aromatic N) is 4. The highest BCUT2D eigenvalue weighted by molar-refractivity contribution is 7.15. The first-order valence-electron chi connectivity index (χ1n) is 14.7. The predicted molar refractivity (Wildman–Crippen MR) is 177 cm³/mol. The maximum atomic E-state index is 12.6. The van der Waals surface area contributed by atoms with Gasteiger partial charge in [0.25, 0.3) is 0 Å². The number of hydrogen-bond acceptors (Lipinski definition) is 8. The molecule has 0 aliphatic carbocycles. The molecule has 226 valence electrons. The fourth-order valence-corrected chi connectivity index (χ4v) is 6.36. The molecular formula is C35H37N5O3S. The Hall–Kier alpha value is -4.63. The third-order valence-corrected chi connectivity index (χ3v) is 8.42. The van der Waals surface area contributed by atoms with Crippen LogP contribution in [0.4, 0.5) is 16.3 Å². The Morgan fingerprint density at radius 3 is 2.39 bits per heavy atom. The van der Waals surface area contributed by atoms with E-state index < -0.39 is 5.60 Å². The van der Waals surface area contributed by atoms with E-state index in [0.29, 0.717) is 30.0 Å². The SMILES string of the molecule is CC.Cc1c(Nc2nccc3cc(C=O)cnc23)cccc1-c1cccc(-c2nc3c(s2)CN(C(=O)OC(C)(C)C)C3)c1C. The van der Waals surface area contributed by atoms with Gasteiger partial charge < -0.3 is 10.1 Å². The summed E-state index contributed by atoms with van der Waals surface area (Å²) in [6.45, 7) is 14.8. The maximum Gasteiger partial charge on any atom is 0.410 e. The first-order chi connectivity index (χ1) is 21.1. The highest BCUT2D eigenvalue weighted by atomic mass is 32.1. The molecule has 44 heavy (non-hydrogen) atoms. The molecule has 8 nitrogen and oxygen atoms in total. The number of anilines is 2. The summed E-state index contributed by atoms with van der Waals surface area (Å²) in [6.07, 6.45) is 3.76. The second-order valence-corrected chi connectivity index (χ2v) is 12.5. The lowest BCUT2D eigenvalue weighted by Crippen LogP contribution is -2.33. The number of aldehydes is 1. The van der Waals surface area contributed by atoms with E-state index in [1.54, 1.807) is 28.6 Å². The summed E-state index contributed by atoms with van der Waals surface area (Å²) in [5.74, 6) is 0.633. The Morgan fingerprint density at radius 1 is 0.977 bits per heavy atom. The number of ether oxygens (including phenoxy) is 1. The first kappa shape index (κ1) is 30.8. The number of amides is 1. The van der Waals surface area contributed by atoms with Crippen LogP contribution in [0.1, 0.15) is 66.7 Å². The molecule has 1 aliphatic rings. The predicted octanol–water partition coefficient (Wildman–Crippen LogP) is 8.87. The molecule has 6 rings (SSSR count). The topological polar surface area (TPSA) is 97.3 Å². The first-order valence-corrected chi connectivity index (χ1v) is 15.6. The lowest BCUT2D eigenvalue weighted by molar-refractivity contribution is 0.0241. The minimum atomic E-state index is -0.530. The molecule has 0 bridgehead atoms. The molecule has 0 spiro atoms. The Bertz CT molecular complexity index is 1830. The number of pyridine rings is 2. The van der Waals surface area contributed by atoms with E-state index in [1.165, 1.54) is 0 Å². The second kappa shape index (κ2) is 12.5. The monoisotopic (exact) mass is 607 g/mol. The van der Waals surface area contributed by atoms with Gasteiger partial charge >= 0.3 is 6.09 Å². The molecule has 1 aliphatic heterocycles. The number of rotatable bonds is 5. The summed E-state index contributed by atoms with van der Waals surface area (Å²) >= 11 is 1.64. The molecule has 1 N–H and O–H groups in total. The fraction of sp³-hybridized carbons (Fsp3) is 0.286. The van der Waals surface area contributed by atoms with Gasteiger partial charge in [0.2, 0.25) is 0 Å². The number of hydrogen-bond donors (Lipinski definition) is 1. The van der Waals surface area contributed by atoms with Crippen LogP contribution in [-0.4, -0.2) is 37.8 Å². The lowest BCUT2D eigenvalue weighted by Gasteiger charge is -2.24. The van der Waals surface area contributed by atoms with E-state index >= 15 is 0 Å². The van der Waals surface area contributed by atoms with Crippen LogP contribution in [0.25, 0.3) is 32.6 Å². The van der Waals surface area contributed by atoms with Gasteiger partial charge in [-0.2, -0.15) is 0 Å². The third-order valence-electron chi connectivity index (χ3n) is 7.30. The van der Waals surface area contributed by atoms with E-state index in [2.05, 4.69) is 53.4 Å². The van der Waals surface area contributed by atoms with Crippen molar-refractivity contribution in [1.82, 2.24) is 19.9 Å². The lowest BCUT2D eigenvalue weighted by atomic mass is 9.93. The maximum absolute atomic E-state index is 12.6. The average molecular weight is 608 g/mol. The summed E-state index contributed by atoms with van der Waals surface area (Å²) in [7, 11) is 0. The van der Waals surface area contributed by atoms with Gasteiger partial charge in [0.15, 0.2) is 12.1 Å². The quantitative estimate of drug-likeness (QED) is 0.199. The zero-order chi connectivity index (χ0) is 31.6. The van der Waals surface area contributed by atoms with Crippen molar-refractivity contribution < 1.29 is 14.3 Å². The van der Waals surface area contributed by atoms with Gasteiger partial charge in [-0.05, 0) is 75.1 Å². The molecule has 5 aromatic rings. The van der Waals surface area contributed by atoms with Crippen molar-refractivity contribution >= 4 is 46.1 Å². The smallest absolute Gasteiger partial charge is 0.410 e. The minimum absolute atomic E-state index is 0.309. The average Bonchev–Trinajstić information content (AvgIpc) is 3.59. The zero-order valence-corrected chi connectivity index (χ0v) is 27.0. The standard InChI is InChI=1S/C33H31N5O3S.C2H6/c1-19-23(8-6-10-25(19)31-37-27-16-38(17-28(27)42-31)32(40)41-33(3,4)5)24-9-7-11-26(20(24)2)36-30-29-22(12-13-34-30)14-21(18-39)15-35-29;1-2/h6-15,18H,16-17H2,1-5H3,(H,34,36);1-2H3. The number of fused-ring (bicyclic) bond motifs is 2. The van der Waals surface area contributed by atoms with E-state index in [9.17, 15) is 9.59 Å². The van der Waals surface area contributed by atoms with E-state index in [1.807, 2.05) is 58.9 Å². The van der Waals surface area contributed by atoms with Crippen molar-refractivity contribution in [3.63, 3.8) is 0 Å². The number of aromatic nitrogens is 3. The van der Waals surface area contributed by atoms with Crippen LogP contribution in [-0.2, 0) is 17.8 Å². The zero-order valence-electron chi connectivity index (χ0n) is 26.2. The van der Waals surface area contributed by atoms with Crippen molar-refractivity contribution in [3.05, 3.63) is 88.2 Å². The van der Waals surface area contributed by atoms with E-state index in [4.69, 9.17) is 9.72 Å². The van der Waals surface area contributed by atoms with Crippen molar-refractivity contribution in [2.45, 2.75) is 67.2 Å². The van der Waals surface area contributed by atoms with Crippen molar-refractivity contribution in [1.29, 1.82) is 0 Å². The molecule has 2 aromatic carbocycles. The van der Waals surface area contributed by atoms with Gasteiger partial charge in [-0.25, -0.2) is 14.8 Å². The molecule has 4 heterocycles. The summed E-state index contributed by atoms with van der Waals surface area (Å²) in [5.41, 5.74) is 8.09. The Kier molecular flexibility index (Phi) is 8.78. The number of carbonyl (C=O) groups is 2. The second-order valence-electron chi connectivity index (χ2n) is 11.4. The van der Waals surface area contributed by atoms with Crippen LogP contribution in [0.2, 0.25) is 0 Å². The highest BCUT2D eigenvalue weighted by Gasteiger charge is 2.31. The largest absolute Gasteiger partial charge is 0.444 e. The van der Waals surface area contributed by atoms with Gasteiger partial charge in [-0.1, -0.05) is 44.2 Å². The van der Waals surface area contributed by atoms with Crippen LogP contribution in [0, 0.1) is 13.8 Å². The minimum Gasteiger partial charge on any atom is -0.444 e. The van der Waals surface area contributed by atoms with E-state index in [-0.39, 0.29) is 6.09 Å². The van der Waals surface area contributed by atoms with Crippen LogP contribution >= 0.6 is 11.3 Å². The van der Waals surface area contributed by atoms with Crippen LogP contribution in [0.5, 0.6) is 0 Å². The molecular weight excluding hydrogens is 570 g/mol. The van der Waals surface area contributed by atoms with Gasteiger partial charge in [0.05, 0.1) is 18.8 Å².